The van der Waals surface area contributed by atoms with Gasteiger partial charge in [-0.2, -0.15) is 0 Å². The largest absolute Gasteiger partial charge is 0.497 e. The molecule has 42 heavy (non-hydrogen) atoms. The Bertz CT molecular complexity index is 1940. The van der Waals surface area contributed by atoms with Crippen LogP contribution in [0.2, 0.25) is 5.02 Å². The number of amides is 1. The molecule has 2 aliphatic heterocycles. The lowest BCUT2D eigenvalue weighted by atomic mass is 9.96. The minimum atomic E-state index is -0.794. The summed E-state index contributed by atoms with van der Waals surface area (Å²) >= 11 is 7.21. The van der Waals surface area contributed by atoms with E-state index in [1.54, 1.807) is 50.1 Å². The van der Waals surface area contributed by atoms with Crippen molar-refractivity contribution in [3.63, 3.8) is 0 Å². The Labute approximate surface area is 250 Å². The number of hydrogen-bond acceptors (Lipinski definition) is 7. The molecule has 0 fully saturated rings. The molecule has 0 radical (unpaired) electrons. The molecule has 212 valence electrons. The average molecular weight is 600 g/mol. The highest BCUT2D eigenvalue weighted by Gasteiger charge is 2.37. The van der Waals surface area contributed by atoms with E-state index >= 15 is 0 Å². The molecule has 10 heteroatoms. The van der Waals surface area contributed by atoms with E-state index in [0.717, 1.165) is 16.9 Å². The highest BCUT2D eigenvalue weighted by molar-refractivity contribution is 7.07. The fourth-order valence-corrected chi connectivity index (χ4v) is 6.64. The third-order valence-electron chi connectivity index (χ3n) is 7.33. The van der Waals surface area contributed by atoms with Crippen molar-refractivity contribution in [1.82, 2.24) is 4.57 Å². The third kappa shape index (κ3) is 4.64. The molecule has 0 unspecified atom stereocenters. The van der Waals surface area contributed by atoms with Gasteiger partial charge in [-0.1, -0.05) is 65.4 Å². The summed E-state index contributed by atoms with van der Waals surface area (Å²) < 4.78 is 12.5. The van der Waals surface area contributed by atoms with E-state index in [1.807, 2.05) is 48.5 Å². The lowest BCUT2D eigenvalue weighted by Crippen LogP contribution is -2.41. The van der Waals surface area contributed by atoms with E-state index in [2.05, 4.69) is 4.99 Å². The summed E-state index contributed by atoms with van der Waals surface area (Å²) in [5, 5.41) is 0.609. The van der Waals surface area contributed by atoms with Crippen molar-refractivity contribution >= 4 is 46.1 Å². The number of allylic oxidation sites excluding steroid dienone is 1. The number of rotatable bonds is 6. The van der Waals surface area contributed by atoms with Crippen molar-refractivity contribution < 1.29 is 19.1 Å². The molecule has 1 amide bonds. The number of esters is 1. The number of halogens is 1. The van der Waals surface area contributed by atoms with E-state index < -0.39 is 17.6 Å². The number of ether oxygens (including phenoxy) is 2. The summed E-state index contributed by atoms with van der Waals surface area (Å²) in [4.78, 5) is 48.3. The number of anilines is 1. The van der Waals surface area contributed by atoms with Gasteiger partial charge in [-0.25, -0.2) is 9.79 Å². The first-order valence-corrected chi connectivity index (χ1v) is 14.5. The van der Waals surface area contributed by atoms with Crippen molar-refractivity contribution in [1.29, 1.82) is 0 Å². The van der Waals surface area contributed by atoms with Gasteiger partial charge in [0.2, 0.25) is 0 Å². The molecule has 0 N–H and O–H groups in total. The number of nitrogens with zero attached hydrogens (tertiary/aromatic N) is 3. The quantitative estimate of drug-likeness (QED) is 0.307. The molecule has 2 aliphatic rings. The summed E-state index contributed by atoms with van der Waals surface area (Å²) in [7, 11) is 1.57. The highest BCUT2D eigenvalue weighted by Crippen LogP contribution is 2.37. The van der Waals surface area contributed by atoms with Crippen molar-refractivity contribution in [2.75, 3.05) is 18.6 Å². The molecule has 3 heterocycles. The van der Waals surface area contributed by atoms with Gasteiger partial charge < -0.3 is 14.4 Å². The number of carbonyl (C=O) groups is 2. The molecule has 0 aliphatic carbocycles. The van der Waals surface area contributed by atoms with Gasteiger partial charge in [0.05, 0.1) is 48.8 Å². The molecule has 4 aromatic rings. The Morgan fingerprint density at radius 3 is 2.43 bits per heavy atom. The first-order valence-electron chi connectivity index (χ1n) is 13.3. The summed E-state index contributed by atoms with van der Waals surface area (Å²) in [5.41, 5.74) is 3.61. The minimum absolute atomic E-state index is 0.175. The Morgan fingerprint density at radius 1 is 1.02 bits per heavy atom. The number of aromatic nitrogens is 1. The number of carbonyl (C=O) groups excluding carboxylic acids is 2. The molecule has 1 atom stereocenters. The first-order chi connectivity index (χ1) is 20.3. The van der Waals surface area contributed by atoms with Crippen molar-refractivity contribution in [2.45, 2.75) is 26.4 Å². The maximum atomic E-state index is 14.3. The van der Waals surface area contributed by atoms with Crippen LogP contribution in [0.15, 0.2) is 93.9 Å². The van der Waals surface area contributed by atoms with E-state index in [9.17, 15) is 14.4 Å². The number of methoxy groups -OCH3 is 1. The zero-order chi connectivity index (χ0) is 29.5. The SMILES string of the molecule is CCOC(=O)C1=C(C)N=c2s/c(=C3/C(=O)N(Cc4ccc(Cl)cc4)c4ccccc43)c(=O)n2[C@H]1c1ccc(OC)cc1. The summed E-state index contributed by atoms with van der Waals surface area (Å²) in [6.45, 7) is 3.95. The standard InChI is InChI=1S/C32H26ClN3O5S/c1-4-41-31(39)25-18(2)34-32-36(27(25)20-11-15-22(40-3)16-12-20)30(38)28(42-32)26-23-7-5-6-8-24(23)35(29(26)37)17-19-9-13-21(33)14-10-19/h5-16,27H,4,17H2,1-3H3/b28-26+/t27-/m0/s1. The van der Waals surface area contributed by atoms with Crippen LogP contribution >= 0.6 is 22.9 Å². The molecule has 0 saturated heterocycles. The van der Waals surface area contributed by atoms with Gasteiger partial charge >= 0.3 is 5.97 Å². The topological polar surface area (TPSA) is 90.2 Å². The van der Waals surface area contributed by atoms with E-state index in [1.165, 1.54) is 4.57 Å². The van der Waals surface area contributed by atoms with Crippen LogP contribution in [0.3, 0.4) is 0 Å². The first kappa shape index (κ1) is 27.7. The second-order valence-electron chi connectivity index (χ2n) is 9.81. The maximum Gasteiger partial charge on any atom is 0.338 e. The van der Waals surface area contributed by atoms with Gasteiger partial charge in [0.25, 0.3) is 11.5 Å². The smallest absolute Gasteiger partial charge is 0.338 e. The van der Waals surface area contributed by atoms with Crippen LogP contribution in [0.1, 0.15) is 36.6 Å². The second kappa shape index (κ2) is 11.1. The minimum Gasteiger partial charge on any atom is -0.497 e. The lowest BCUT2D eigenvalue weighted by Gasteiger charge is -2.24. The van der Waals surface area contributed by atoms with Crippen molar-refractivity contribution in [2.24, 2.45) is 4.99 Å². The Balaban J connectivity index is 1.56. The number of para-hydroxylation sites is 1. The lowest BCUT2D eigenvalue weighted by molar-refractivity contribution is -0.139. The molecule has 3 aromatic carbocycles. The summed E-state index contributed by atoms with van der Waals surface area (Å²) in [6.07, 6.45) is 0. The van der Waals surface area contributed by atoms with Gasteiger partial charge in [-0.3, -0.25) is 14.2 Å². The molecule has 0 spiro atoms. The molecule has 6 rings (SSSR count). The van der Waals surface area contributed by atoms with Gasteiger partial charge in [0.1, 0.15) is 10.3 Å². The predicted octanol–water partition coefficient (Wildman–Crippen LogP) is 4.38. The Morgan fingerprint density at radius 2 is 1.74 bits per heavy atom. The monoisotopic (exact) mass is 599 g/mol. The third-order valence-corrected chi connectivity index (χ3v) is 8.63. The van der Waals surface area contributed by atoms with Crippen LogP contribution in [0.5, 0.6) is 5.75 Å². The van der Waals surface area contributed by atoms with E-state index in [4.69, 9.17) is 21.1 Å². The van der Waals surface area contributed by atoms with E-state index in [-0.39, 0.29) is 22.6 Å². The summed E-state index contributed by atoms with van der Waals surface area (Å²) in [5.74, 6) is -0.187. The average Bonchev–Trinajstić information content (AvgIpc) is 3.45. The normalized spacial score (nSPS) is 17.1. The zero-order valence-electron chi connectivity index (χ0n) is 23.1. The molecule has 1 aromatic heterocycles. The van der Waals surface area contributed by atoms with Crippen LogP contribution in [-0.4, -0.2) is 30.2 Å². The van der Waals surface area contributed by atoms with Gasteiger partial charge in [0, 0.05) is 10.6 Å². The van der Waals surface area contributed by atoms with Crippen molar-refractivity contribution in [3.05, 3.63) is 125 Å². The highest BCUT2D eigenvalue weighted by atomic mass is 35.5. The number of hydrogen-bond donors (Lipinski definition) is 0. The van der Waals surface area contributed by atoms with Crippen LogP contribution in [0, 0.1) is 0 Å². The zero-order valence-corrected chi connectivity index (χ0v) is 24.7. The number of benzene rings is 3. The fourth-order valence-electron chi connectivity index (χ4n) is 5.37. The van der Waals surface area contributed by atoms with Gasteiger partial charge in [-0.15, -0.1) is 0 Å². The molecule has 8 nitrogen and oxygen atoms in total. The maximum absolute atomic E-state index is 14.3. The Kier molecular flexibility index (Phi) is 7.30. The molecule has 0 saturated carbocycles. The summed E-state index contributed by atoms with van der Waals surface area (Å²) in [6, 6.07) is 21.1. The van der Waals surface area contributed by atoms with E-state index in [0.29, 0.717) is 50.2 Å². The van der Waals surface area contributed by atoms with Gasteiger partial charge in [-0.05, 0) is 55.3 Å². The number of thiazole rings is 1. The van der Waals surface area contributed by atoms with Crippen LogP contribution in [0.4, 0.5) is 5.69 Å². The fraction of sp³-hybridized carbons (Fsp3) is 0.188. The molecule has 0 bridgehead atoms. The van der Waals surface area contributed by atoms with Crippen LogP contribution < -0.4 is 24.5 Å². The molecular formula is C32H26ClN3O5S. The van der Waals surface area contributed by atoms with Crippen LogP contribution in [0.25, 0.3) is 5.57 Å². The second-order valence-corrected chi connectivity index (χ2v) is 11.2. The predicted molar refractivity (Wildman–Crippen MR) is 161 cm³/mol. The number of fused-ring (bicyclic) bond motifs is 2. The van der Waals surface area contributed by atoms with Crippen molar-refractivity contribution in [3.8, 4) is 5.75 Å². The van der Waals surface area contributed by atoms with Gasteiger partial charge in [0.15, 0.2) is 4.80 Å². The Hall–Kier alpha value is -4.47. The van der Waals surface area contributed by atoms with Crippen LogP contribution in [-0.2, 0) is 20.9 Å². The molecular weight excluding hydrogens is 574 g/mol.